The lowest BCUT2D eigenvalue weighted by Gasteiger charge is -2.18. The minimum absolute atomic E-state index is 0.375. The Labute approximate surface area is 127 Å². The van der Waals surface area contributed by atoms with Crippen LogP contribution in [-0.2, 0) is 33.2 Å². The van der Waals surface area contributed by atoms with Crippen LogP contribution in [0.1, 0.15) is 6.92 Å². The second-order valence-corrected chi connectivity index (χ2v) is 4.04. The van der Waals surface area contributed by atoms with E-state index in [1.165, 1.54) is 0 Å². The molecule has 0 aliphatic rings. The van der Waals surface area contributed by atoms with E-state index in [0.29, 0.717) is 66.1 Å². The Morgan fingerprint density at radius 1 is 0.619 bits per heavy atom. The smallest absolute Gasteiger partial charge is 0.180 e. The highest BCUT2D eigenvalue weighted by Crippen LogP contribution is 1.97. The molecule has 0 saturated carbocycles. The average molecular weight is 310 g/mol. The Morgan fingerprint density at radius 3 is 1.71 bits per heavy atom. The SMILES string of the molecule is CCOC(COCCOCCOC)OCCOCCOC. The molecule has 0 radical (unpaired) electrons. The first-order valence-corrected chi connectivity index (χ1v) is 7.29. The molecule has 0 aliphatic carbocycles. The van der Waals surface area contributed by atoms with Gasteiger partial charge in [0.15, 0.2) is 6.29 Å². The first-order chi connectivity index (χ1) is 10.3. The van der Waals surface area contributed by atoms with Crippen LogP contribution in [0.15, 0.2) is 0 Å². The van der Waals surface area contributed by atoms with Gasteiger partial charge in [0, 0.05) is 20.8 Å². The average Bonchev–Trinajstić information content (AvgIpc) is 2.49. The summed E-state index contributed by atoms with van der Waals surface area (Å²) in [4.78, 5) is 0. The zero-order valence-corrected chi connectivity index (χ0v) is 13.5. The summed E-state index contributed by atoms with van der Waals surface area (Å²) < 4.78 is 36.8. The molecule has 0 aromatic carbocycles. The van der Waals surface area contributed by atoms with Crippen LogP contribution in [0.2, 0.25) is 0 Å². The van der Waals surface area contributed by atoms with Crippen molar-refractivity contribution >= 4 is 0 Å². The van der Waals surface area contributed by atoms with Crippen molar-refractivity contribution in [3.63, 3.8) is 0 Å². The fourth-order valence-corrected chi connectivity index (χ4v) is 1.35. The second-order valence-electron chi connectivity index (χ2n) is 4.04. The summed E-state index contributed by atoms with van der Waals surface area (Å²) in [6.07, 6.45) is -0.375. The Balaban J connectivity index is 3.44. The molecule has 0 rings (SSSR count). The lowest BCUT2D eigenvalue weighted by atomic mass is 10.6. The standard InChI is InChI=1S/C14H30O7/c1-4-20-14(21-12-11-18-8-6-16-3)13-19-10-9-17-7-5-15-2/h14H,4-13H2,1-3H3. The van der Waals surface area contributed by atoms with Crippen molar-refractivity contribution in [2.24, 2.45) is 0 Å². The van der Waals surface area contributed by atoms with E-state index < -0.39 is 0 Å². The third kappa shape index (κ3) is 15.9. The predicted octanol–water partition coefficient (Wildman–Crippen LogP) is 0.708. The maximum atomic E-state index is 5.53. The van der Waals surface area contributed by atoms with Gasteiger partial charge in [-0.05, 0) is 6.92 Å². The van der Waals surface area contributed by atoms with Crippen LogP contribution in [0, 0.1) is 0 Å². The Kier molecular flexibility index (Phi) is 17.5. The molecule has 128 valence electrons. The van der Waals surface area contributed by atoms with E-state index in [1.54, 1.807) is 14.2 Å². The van der Waals surface area contributed by atoms with Gasteiger partial charge in [0.1, 0.15) is 0 Å². The summed E-state index contributed by atoms with van der Waals surface area (Å²) in [5.74, 6) is 0. The summed E-state index contributed by atoms with van der Waals surface area (Å²) in [5.41, 5.74) is 0. The highest BCUT2D eigenvalue weighted by atomic mass is 16.7. The molecule has 0 heterocycles. The summed E-state index contributed by atoms with van der Waals surface area (Å²) in [6, 6.07) is 0. The molecule has 7 nitrogen and oxygen atoms in total. The van der Waals surface area contributed by atoms with Crippen molar-refractivity contribution in [1.82, 2.24) is 0 Å². The van der Waals surface area contributed by atoms with E-state index in [4.69, 9.17) is 33.2 Å². The normalized spacial score (nSPS) is 12.7. The van der Waals surface area contributed by atoms with Crippen molar-refractivity contribution in [1.29, 1.82) is 0 Å². The van der Waals surface area contributed by atoms with Gasteiger partial charge in [-0.2, -0.15) is 0 Å². The van der Waals surface area contributed by atoms with Gasteiger partial charge in [-0.3, -0.25) is 0 Å². The van der Waals surface area contributed by atoms with Crippen LogP contribution in [0.3, 0.4) is 0 Å². The minimum Gasteiger partial charge on any atom is -0.382 e. The number of rotatable bonds is 17. The van der Waals surface area contributed by atoms with Crippen molar-refractivity contribution < 1.29 is 33.2 Å². The van der Waals surface area contributed by atoms with Gasteiger partial charge < -0.3 is 33.2 Å². The van der Waals surface area contributed by atoms with Crippen molar-refractivity contribution in [2.75, 3.05) is 80.3 Å². The van der Waals surface area contributed by atoms with Gasteiger partial charge >= 0.3 is 0 Å². The fraction of sp³-hybridized carbons (Fsp3) is 1.00. The largest absolute Gasteiger partial charge is 0.382 e. The highest BCUT2D eigenvalue weighted by Gasteiger charge is 2.08. The number of ether oxygens (including phenoxy) is 7. The van der Waals surface area contributed by atoms with Crippen LogP contribution in [0.4, 0.5) is 0 Å². The van der Waals surface area contributed by atoms with Crippen molar-refractivity contribution in [3.8, 4) is 0 Å². The molecule has 1 unspecified atom stereocenters. The molecule has 7 heteroatoms. The first-order valence-electron chi connectivity index (χ1n) is 7.29. The lowest BCUT2D eigenvalue weighted by Crippen LogP contribution is -2.26. The zero-order chi connectivity index (χ0) is 15.6. The van der Waals surface area contributed by atoms with E-state index in [9.17, 15) is 0 Å². The molecule has 1 atom stereocenters. The summed E-state index contributed by atoms with van der Waals surface area (Å²) in [5, 5.41) is 0. The first kappa shape index (κ1) is 20.7. The van der Waals surface area contributed by atoms with Gasteiger partial charge in [-0.25, -0.2) is 0 Å². The van der Waals surface area contributed by atoms with Crippen LogP contribution >= 0.6 is 0 Å². The molecular weight excluding hydrogens is 280 g/mol. The lowest BCUT2D eigenvalue weighted by molar-refractivity contribution is -0.178. The molecule has 21 heavy (non-hydrogen) atoms. The van der Waals surface area contributed by atoms with Gasteiger partial charge in [-0.15, -0.1) is 0 Å². The maximum absolute atomic E-state index is 5.53. The van der Waals surface area contributed by atoms with Crippen LogP contribution in [0.5, 0.6) is 0 Å². The maximum Gasteiger partial charge on any atom is 0.180 e. The third-order valence-corrected chi connectivity index (χ3v) is 2.37. The summed E-state index contributed by atoms with van der Waals surface area (Å²) in [7, 11) is 3.28. The Bertz CT molecular complexity index is 192. The quantitative estimate of drug-likeness (QED) is 0.289. The number of methoxy groups -OCH3 is 2. The number of hydrogen-bond acceptors (Lipinski definition) is 7. The van der Waals surface area contributed by atoms with Gasteiger partial charge in [0.05, 0.1) is 59.5 Å². The Hall–Kier alpha value is -0.280. The zero-order valence-electron chi connectivity index (χ0n) is 13.5. The van der Waals surface area contributed by atoms with Crippen molar-refractivity contribution in [3.05, 3.63) is 0 Å². The molecule has 0 bridgehead atoms. The van der Waals surface area contributed by atoms with Crippen LogP contribution in [-0.4, -0.2) is 86.6 Å². The molecule has 0 aromatic rings. The van der Waals surface area contributed by atoms with E-state index >= 15 is 0 Å². The predicted molar refractivity (Wildman–Crippen MR) is 77.6 cm³/mol. The molecule has 0 aliphatic heterocycles. The van der Waals surface area contributed by atoms with Gasteiger partial charge in [0.2, 0.25) is 0 Å². The third-order valence-electron chi connectivity index (χ3n) is 2.37. The fourth-order valence-electron chi connectivity index (χ4n) is 1.35. The van der Waals surface area contributed by atoms with Gasteiger partial charge in [0.25, 0.3) is 0 Å². The van der Waals surface area contributed by atoms with E-state index in [1.807, 2.05) is 6.92 Å². The van der Waals surface area contributed by atoms with E-state index in [0.717, 1.165) is 0 Å². The van der Waals surface area contributed by atoms with E-state index in [2.05, 4.69) is 0 Å². The molecule has 0 spiro atoms. The molecule has 0 amide bonds. The van der Waals surface area contributed by atoms with Gasteiger partial charge in [-0.1, -0.05) is 0 Å². The van der Waals surface area contributed by atoms with Crippen LogP contribution < -0.4 is 0 Å². The van der Waals surface area contributed by atoms with Crippen LogP contribution in [0.25, 0.3) is 0 Å². The minimum atomic E-state index is -0.375. The second kappa shape index (κ2) is 17.8. The monoisotopic (exact) mass is 310 g/mol. The molecule has 0 aromatic heterocycles. The topological polar surface area (TPSA) is 64.6 Å². The Morgan fingerprint density at radius 2 is 1.14 bits per heavy atom. The molecule has 0 fully saturated rings. The summed E-state index contributed by atoms with van der Waals surface area (Å²) in [6.45, 7) is 7.17. The van der Waals surface area contributed by atoms with E-state index in [-0.39, 0.29) is 6.29 Å². The summed E-state index contributed by atoms with van der Waals surface area (Å²) >= 11 is 0. The molecule has 0 N–H and O–H groups in total. The molecular formula is C14H30O7. The number of hydrogen-bond donors (Lipinski definition) is 0. The van der Waals surface area contributed by atoms with Crippen molar-refractivity contribution in [2.45, 2.75) is 13.2 Å². The highest BCUT2D eigenvalue weighted by molar-refractivity contribution is 4.43. The molecule has 0 saturated heterocycles.